The first-order chi connectivity index (χ1) is 11.7. The predicted molar refractivity (Wildman–Crippen MR) is 90.4 cm³/mol. The first-order valence-electron chi connectivity index (χ1n) is 8.61. The van der Waals surface area contributed by atoms with Crippen molar-refractivity contribution in [2.75, 3.05) is 20.1 Å². The summed E-state index contributed by atoms with van der Waals surface area (Å²) < 4.78 is 2.01. The molecule has 1 amide bonds. The number of pyridine rings is 1. The number of nitrogens with zero attached hydrogens (tertiary/aromatic N) is 5. The third kappa shape index (κ3) is 2.82. The van der Waals surface area contributed by atoms with Gasteiger partial charge in [-0.05, 0) is 44.0 Å². The number of rotatable bonds is 3. The molecule has 126 valence electrons. The molecule has 24 heavy (non-hydrogen) atoms. The summed E-state index contributed by atoms with van der Waals surface area (Å²) in [5.41, 5.74) is 0.739. The van der Waals surface area contributed by atoms with Crippen molar-refractivity contribution in [3.63, 3.8) is 0 Å². The molecule has 2 aromatic heterocycles. The molecule has 0 bridgehead atoms. The summed E-state index contributed by atoms with van der Waals surface area (Å²) in [5, 5.41) is 4.33. The smallest absolute Gasteiger partial charge is 0.253 e. The molecular formula is C18H23N5O. The van der Waals surface area contributed by atoms with Crippen molar-refractivity contribution in [3.8, 4) is 0 Å². The molecule has 0 aromatic carbocycles. The lowest BCUT2D eigenvalue weighted by Gasteiger charge is -2.37. The molecule has 0 radical (unpaired) electrons. The zero-order valence-electron chi connectivity index (χ0n) is 14.0. The Morgan fingerprint density at radius 2 is 2.12 bits per heavy atom. The minimum Gasteiger partial charge on any atom is -0.338 e. The SMILES string of the molecule is CN1[C@@H](Cn2cccn2)C[C@H]2CN(C(=O)c3ccncc3)CC[C@H]21. The molecule has 0 N–H and O–H groups in total. The highest BCUT2D eigenvalue weighted by molar-refractivity contribution is 5.94. The fraction of sp³-hybridized carbons (Fsp3) is 0.500. The van der Waals surface area contributed by atoms with Crippen LogP contribution in [0.4, 0.5) is 0 Å². The van der Waals surface area contributed by atoms with Crippen molar-refractivity contribution < 1.29 is 4.79 Å². The number of aromatic nitrogens is 3. The van der Waals surface area contributed by atoms with Gasteiger partial charge in [0.15, 0.2) is 0 Å². The Morgan fingerprint density at radius 1 is 1.29 bits per heavy atom. The van der Waals surface area contributed by atoms with E-state index in [1.54, 1.807) is 24.5 Å². The number of likely N-dealkylation sites (N-methyl/N-ethyl adjacent to an activating group) is 1. The Kier molecular flexibility index (Phi) is 4.06. The Hall–Kier alpha value is -2.21. The van der Waals surface area contributed by atoms with E-state index < -0.39 is 0 Å². The van der Waals surface area contributed by atoms with Crippen LogP contribution in [0.2, 0.25) is 0 Å². The molecule has 4 rings (SSSR count). The molecule has 3 atom stereocenters. The molecule has 0 spiro atoms. The van der Waals surface area contributed by atoms with Gasteiger partial charge >= 0.3 is 0 Å². The topological polar surface area (TPSA) is 54.3 Å². The van der Waals surface area contributed by atoms with E-state index in [-0.39, 0.29) is 5.91 Å². The summed E-state index contributed by atoms with van der Waals surface area (Å²) >= 11 is 0. The van der Waals surface area contributed by atoms with Crippen LogP contribution in [0.5, 0.6) is 0 Å². The van der Waals surface area contributed by atoms with Crippen LogP contribution in [0.1, 0.15) is 23.2 Å². The van der Waals surface area contributed by atoms with E-state index in [2.05, 4.69) is 22.0 Å². The van der Waals surface area contributed by atoms with Crippen LogP contribution in [-0.4, -0.2) is 62.7 Å². The van der Waals surface area contributed by atoms with Crippen molar-refractivity contribution in [2.24, 2.45) is 5.92 Å². The van der Waals surface area contributed by atoms with Gasteiger partial charge in [0.1, 0.15) is 0 Å². The lowest BCUT2D eigenvalue weighted by molar-refractivity contribution is 0.0607. The molecule has 2 fully saturated rings. The van der Waals surface area contributed by atoms with Crippen LogP contribution in [-0.2, 0) is 6.54 Å². The molecule has 2 aliphatic rings. The highest BCUT2D eigenvalue weighted by Crippen LogP contribution is 2.35. The van der Waals surface area contributed by atoms with Gasteiger partial charge in [0.05, 0.1) is 6.54 Å². The number of amides is 1. The number of fused-ring (bicyclic) bond motifs is 1. The van der Waals surface area contributed by atoms with Crippen molar-refractivity contribution in [3.05, 3.63) is 48.5 Å². The van der Waals surface area contributed by atoms with Gasteiger partial charge in [-0.15, -0.1) is 0 Å². The van der Waals surface area contributed by atoms with E-state index in [0.717, 1.165) is 38.0 Å². The molecule has 0 unspecified atom stereocenters. The number of hydrogen-bond acceptors (Lipinski definition) is 4. The van der Waals surface area contributed by atoms with Crippen LogP contribution in [0.25, 0.3) is 0 Å². The monoisotopic (exact) mass is 325 g/mol. The highest BCUT2D eigenvalue weighted by Gasteiger charge is 2.42. The second-order valence-corrected chi connectivity index (χ2v) is 6.89. The molecule has 0 saturated carbocycles. The van der Waals surface area contributed by atoms with Gasteiger partial charge in [0, 0.05) is 55.5 Å². The van der Waals surface area contributed by atoms with Crippen LogP contribution in [0.3, 0.4) is 0 Å². The highest BCUT2D eigenvalue weighted by atomic mass is 16.2. The summed E-state index contributed by atoms with van der Waals surface area (Å²) in [6.45, 7) is 2.61. The Balaban J connectivity index is 1.43. The Bertz CT molecular complexity index is 687. The molecule has 0 aliphatic carbocycles. The maximum atomic E-state index is 12.7. The van der Waals surface area contributed by atoms with Gasteiger partial charge in [0.25, 0.3) is 5.91 Å². The van der Waals surface area contributed by atoms with Crippen LogP contribution in [0, 0.1) is 5.92 Å². The fourth-order valence-corrected chi connectivity index (χ4v) is 4.26. The minimum absolute atomic E-state index is 0.133. The van der Waals surface area contributed by atoms with Crippen molar-refractivity contribution in [1.29, 1.82) is 0 Å². The van der Waals surface area contributed by atoms with Crippen LogP contribution < -0.4 is 0 Å². The van der Waals surface area contributed by atoms with Gasteiger partial charge in [0.2, 0.25) is 0 Å². The number of carbonyl (C=O) groups excluding carboxylic acids is 1. The average Bonchev–Trinajstić information content (AvgIpc) is 3.24. The summed E-state index contributed by atoms with van der Waals surface area (Å²) in [6, 6.07) is 6.64. The first-order valence-corrected chi connectivity index (χ1v) is 8.61. The molecule has 2 aliphatic heterocycles. The molecule has 6 heteroatoms. The zero-order chi connectivity index (χ0) is 16.5. The second kappa shape index (κ2) is 6.36. The van der Waals surface area contributed by atoms with Crippen LogP contribution >= 0.6 is 0 Å². The lowest BCUT2D eigenvalue weighted by atomic mass is 9.91. The van der Waals surface area contributed by atoms with Gasteiger partial charge in [-0.1, -0.05) is 0 Å². The minimum atomic E-state index is 0.133. The summed E-state index contributed by atoms with van der Waals surface area (Å²) in [7, 11) is 2.22. The molecule has 2 saturated heterocycles. The largest absolute Gasteiger partial charge is 0.338 e. The van der Waals surface area contributed by atoms with Crippen molar-refractivity contribution >= 4 is 5.91 Å². The summed E-state index contributed by atoms with van der Waals surface area (Å²) in [5.74, 6) is 0.684. The van der Waals surface area contributed by atoms with E-state index >= 15 is 0 Å². The molecule has 6 nitrogen and oxygen atoms in total. The van der Waals surface area contributed by atoms with Gasteiger partial charge < -0.3 is 4.90 Å². The van der Waals surface area contributed by atoms with Gasteiger partial charge in [-0.3, -0.25) is 19.4 Å². The van der Waals surface area contributed by atoms with Crippen molar-refractivity contribution in [2.45, 2.75) is 31.5 Å². The number of piperidine rings is 1. The molecule has 4 heterocycles. The molecule has 2 aromatic rings. The summed E-state index contributed by atoms with van der Waals surface area (Å²) in [6.07, 6.45) is 9.40. The second-order valence-electron chi connectivity index (χ2n) is 6.89. The first kappa shape index (κ1) is 15.3. The zero-order valence-corrected chi connectivity index (χ0v) is 14.0. The fourth-order valence-electron chi connectivity index (χ4n) is 4.26. The Labute approximate surface area is 142 Å². The lowest BCUT2D eigenvalue weighted by Crippen LogP contribution is -2.47. The van der Waals surface area contributed by atoms with Gasteiger partial charge in [-0.25, -0.2) is 0 Å². The third-order valence-corrected chi connectivity index (χ3v) is 5.54. The molecular weight excluding hydrogens is 302 g/mol. The third-order valence-electron chi connectivity index (χ3n) is 5.54. The van der Waals surface area contributed by atoms with E-state index in [1.165, 1.54) is 0 Å². The average molecular weight is 325 g/mol. The predicted octanol–water partition coefficient (Wildman–Crippen LogP) is 1.51. The Morgan fingerprint density at radius 3 is 2.88 bits per heavy atom. The van der Waals surface area contributed by atoms with Gasteiger partial charge in [-0.2, -0.15) is 5.10 Å². The number of carbonyl (C=O) groups is 1. The maximum absolute atomic E-state index is 12.7. The maximum Gasteiger partial charge on any atom is 0.253 e. The number of hydrogen-bond donors (Lipinski definition) is 0. The normalized spacial score (nSPS) is 27.2. The van der Waals surface area contributed by atoms with E-state index in [0.29, 0.717) is 18.0 Å². The van der Waals surface area contributed by atoms with Crippen molar-refractivity contribution in [1.82, 2.24) is 24.6 Å². The van der Waals surface area contributed by atoms with Crippen LogP contribution in [0.15, 0.2) is 43.0 Å². The van der Waals surface area contributed by atoms with E-state index in [9.17, 15) is 4.79 Å². The number of likely N-dealkylation sites (tertiary alicyclic amines) is 2. The standard InChI is InChI=1S/C18H23N5O/c1-21-16(13-23-9-2-6-20-23)11-15-12-22(10-5-17(15)21)18(24)14-3-7-19-8-4-14/h2-4,6-9,15-17H,5,10-13H2,1H3/t15-,16+,17+/m0/s1. The quantitative estimate of drug-likeness (QED) is 0.858. The van der Waals surface area contributed by atoms with E-state index in [1.807, 2.05) is 28.0 Å². The summed E-state index contributed by atoms with van der Waals surface area (Å²) in [4.78, 5) is 21.2. The van der Waals surface area contributed by atoms with E-state index in [4.69, 9.17) is 0 Å².